The van der Waals surface area contributed by atoms with Crippen LogP contribution in [-0.4, -0.2) is 19.1 Å². The van der Waals surface area contributed by atoms with Gasteiger partial charge in [0.25, 0.3) is 0 Å². The minimum absolute atomic E-state index is 0.714. The van der Waals surface area contributed by atoms with Crippen LogP contribution in [0.1, 0.15) is 51.5 Å². The molecule has 21 heavy (non-hydrogen) atoms. The highest BCUT2D eigenvalue weighted by Crippen LogP contribution is 2.32. The Morgan fingerprint density at radius 3 is 2.62 bits per heavy atom. The molecule has 0 aliphatic heterocycles. The summed E-state index contributed by atoms with van der Waals surface area (Å²) in [6.45, 7) is 6.51. The van der Waals surface area contributed by atoms with E-state index in [0.29, 0.717) is 6.54 Å². The number of benzene rings is 1. The summed E-state index contributed by atoms with van der Waals surface area (Å²) in [6, 6.07) is 7.43. The zero-order valence-electron chi connectivity index (χ0n) is 13.4. The molecule has 0 spiro atoms. The molecule has 118 valence electrons. The van der Waals surface area contributed by atoms with Crippen molar-refractivity contribution in [2.45, 2.75) is 58.4 Å². The Bertz CT molecular complexity index is 439. The normalized spacial score (nSPS) is 15.9. The number of nitrogens with zero attached hydrogens (tertiary/aromatic N) is 1. The minimum atomic E-state index is 0.714. The first-order valence-electron chi connectivity index (χ1n) is 8.37. The fourth-order valence-corrected chi connectivity index (χ4v) is 3.71. The minimum Gasteiger partial charge on any atom is -0.368 e. The van der Waals surface area contributed by atoms with E-state index in [1.807, 2.05) is 0 Å². The maximum absolute atomic E-state index is 5.82. The van der Waals surface area contributed by atoms with Crippen molar-refractivity contribution in [2.24, 2.45) is 11.7 Å². The molecular formula is C18H29BrN2. The molecule has 0 radical (unpaired) electrons. The van der Waals surface area contributed by atoms with Crippen molar-refractivity contribution in [2.75, 3.05) is 18.0 Å². The summed E-state index contributed by atoms with van der Waals surface area (Å²) in [5.74, 6) is 0.752. The van der Waals surface area contributed by atoms with Crippen LogP contribution < -0.4 is 10.6 Å². The average molecular weight is 353 g/mol. The smallest absolute Gasteiger partial charge is 0.0402 e. The second-order valence-corrected chi connectivity index (χ2v) is 7.54. The predicted octanol–water partition coefficient (Wildman–Crippen LogP) is 4.75. The van der Waals surface area contributed by atoms with Crippen LogP contribution >= 0.6 is 15.9 Å². The van der Waals surface area contributed by atoms with Gasteiger partial charge in [-0.2, -0.15) is 0 Å². The first-order valence-corrected chi connectivity index (χ1v) is 9.16. The summed E-state index contributed by atoms with van der Waals surface area (Å²) in [4.78, 5) is 2.67. The van der Waals surface area contributed by atoms with E-state index < -0.39 is 0 Å². The molecule has 0 bridgehead atoms. The maximum Gasteiger partial charge on any atom is 0.0402 e. The largest absolute Gasteiger partial charge is 0.368 e. The number of rotatable bonds is 7. The molecule has 1 aliphatic rings. The van der Waals surface area contributed by atoms with Gasteiger partial charge in [0, 0.05) is 22.7 Å². The van der Waals surface area contributed by atoms with Gasteiger partial charge >= 0.3 is 0 Å². The number of nitrogens with two attached hydrogens (primary N) is 1. The molecule has 1 aliphatic carbocycles. The monoisotopic (exact) mass is 352 g/mol. The second-order valence-electron chi connectivity index (χ2n) is 6.63. The lowest BCUT2D eigenvalue weighted by Crippen LogP contribution is -2.35. The van der Waals surface area contributed by atoms with E-state index in [1.165, 1.54) is 49.9 Å². The van der Waals surface area contributed by atoms with Gasteiger partial charge in [-0.1, -0.05) is 42.6 Å². The summed E-state index contributed by atoms with van der Waals surface area (Å²) >= 11 is 3.60. The Labute approximate surface area is 138 Å². The third-order valence-corrected chi connectivity index (χ3v) is 4.97. The third kappa shape index (κ3) is 4.72. The van der Waals surface area contributed by atoms with E-state index in [4.69, 9.17) is 5.73 Å². The Morgan fingerprint density at radius 2 is 2.00 bits per heavy atom. The Kier molecular flexibility index (Phi) is 6.56. The van der Waals surface area contributed by atoms with Gasteiger partial charge in [-0.3, -0.25) is 0 Å². The van der Waals surface area contributed by atoms with Crippen molar-refractivity contribution < 1.29 is 0 Å². The Morgan fingerprint density at radius 1 is 1.29 bits per heavy atom. The number of anilines is 1. The molecule has 0 atom stereocenters. The molecule has 1 aromatic carbocycles. The van der Waals surface area contributed by atoms with E-state index in [2.05, 4.69) is 52.9 Å². The molecule has 1 aromatic rings. The van der Waals surface area contributed by atoms with Gasteiger partial charge < -0.3 is 10.6 Å². The van der Waals surface area contributed by atoms with Gasteiger partial charge in [0.05, 0.1) is 0 Å². The van der Waals surface area contributed by atoms with E-state index in [0.717, 1.165) is 22.9 Å². The second kappa shape index (κ2) is 8.19. The topological polar surface area (TPSA) is 29.3 Å². The zero-order valence-corrected chi connectivity index (χ0v) is 15.0. The van der Waals surface area contributed by atoms with Crippen molar-refractivity contribution in [3.63, 3.8) is 0 Å². The summed E-state index contributed by atoms with van der Waals surface area (Å²) in [5.41, 5.74) is 8.63. The summed E-state index contributed by atoms with van der Waals surface area (Å²) < 4.78 is 1.16. The molecule has 2 nitrogen and oxygen atoms in total. The molecule has 0 amide bonds. The van der Waals surface area contributed by atoms with Crippen LogP contribution in [0.5, 0.6) is 0 Å². The van der Waals surface area contributed by atoms with Crippen LogP contribution in [-0.2, 0) is 6.42 Å². The molecule has 0 unspecified atom stereocenters. The molecular weight excluding hydrogens is 324 g/mol. The Balaban J connectivity index is 2.25. The molecule has 0 saturated heterocycles. The number of hydrogen-bond acceptors (Lipinski definition) is 2. The molecule has 3 heteroatoms. The van der Waals surface area contributed by atoms with E-state index in [-0.39, 0.29) is 0 Å². The van der Waals surface area contributed by atoms with Crippen molar-refractivity contribution in [3.8, 4) is 0 Å². The van der Waals surface area contributed by atoms with Crippen LogP contribution in [0.4, 0.5) is 5.69 Å². The summed E-state index contributed by atoms with van der Waals surface area (Å²) in [6.07, 6.45) is 7.66. The van der Waals surface area contributed by atoms with Crippen molar-refractivity contribution in [3.05, 3.63) is 28.2 Å². The summed E-state index contributed by atoms with van der Waals surface area (Å²) in [5, 5.41) is 0. The third-order valence-electron chi connectivity index (χ3n) is 4.48. The molecule has 0 heterocycles. The fraction of sp³-hybridized carbons (Fsp3) is 0.667. The van der Waals surface area contributed by atoms with Gasteiger partial charge in [-0.15, -0.1) is 0 Å². The Hall–Kier alpha value is -0.540. The van der Waals surface area contributed by atoms with Gasteiger partial charge in [0.15, 0.2) is 0 Å². The van der Waals surface area contributed by atoms with Crippen LogP contribution in [0.3, 0.4) is 0 Å². The van der Waals surface area contributed by atoms with Crippen LogP contribution in [0.2, 0.25) is 0 Å². The lowest BCUT2D eigenvalue weighted by Gasteiger charge is -2.33. The SMILES string of the molecule is CC(C)CCN(c1ccc(Br)cc1CCN)C1CCCC1. The van der Waals surface area contributed by atoms with Crippen molar-refractivity contribution >= 4 is 21.6 Å². The fourth-order valence-electron chi connectivity index (χ4n) is 3.30. The lowest BCUT2D eigenvalue weighted by molar-refractivity contribution is 0.527. The maximum atomic E-state index is 5.82. The molecule has 2 rings (SSSR count). The van der Waals surface area contributed by atoms with Crippen molar-refractivity contribution in [1.29, 1.82) is 0 Å². The summed E-state index contributed by atoms with van der Waals surface area (Å²) in [7, 11) is 0. The molecule has 1 fully saturated rings. The zero-order chi connectivity index (χ0) is 15.2. The van der Waals surface area contributed by atoms with E-state index in [1.54, 1.807) is 0 Å². The standard InChI is InChI=1S/C18H29BrN2/c1-14(2)10-12-21(17-5-3-4-6-17)18-8-7-16(19)13-15(18)9-11-20/h7-8,13-14,17H,3-6,9-12,20H2,1-2H3. The highest BCUT2D eigenvalue weighted by molar-refractivity contribution is 9.10. The average Bonchev–Trinajstić information content (AvgIpc) is 2.95. The van der Waals surface area contributed by atoms with Crippen LogP contribution in [0.25, 0.3) is 0 Å². The van der Waals surface area contributed by atoms with E-state index in [9.17, 15) is 0 Å². The molecule has 0 aromatic heterocycles. The van der Waals surface area contributed by atoms with Crippen LogP contribution in [0, 0.1) is 5.92 Å². The molecule has 2 N–H and O–H groups in total. The first kappa shape index (κ1) is 16.8. The molecule has 1 saturated carbocycles. The first-order chi connectivity index (χ1) is 10.1. The highest BCUT2D eigenvalue weighted by atomic mass is 79.9. The quantitative estimate of drug-likeness (QED) is 0.767. The lowest BCUT2D eigenvalue weighted by atomic mass is 10.0. The van der Waals surface area contributed by atoms with Crippen LogP contribution in [0.15, 0.2) is 22.7 Å². The van der Waals surface area contributed by atoms with E-state index >= 15 is 0 Å². The number of hydrogen-bond donors (Lipinski definition) is 1. The van der Waals surface area contributed by atoms with Gasteiger partial charge in [-0.05, 0) is 61.9 Å². The number of halogens is 1. The van der Waals surface area contributed by atoms with Gasteiger partial charge in [0.1, 0.15) is 0 Å². The van der Waals surface area contributed by atoms with Crippen molar-refractivity contribution in [1.82, 2.24) is 0 Å². The highest BCUT2D eigenvalue weighted by Gasteiger charge is 2.24. The van der Waals surface area contributed by atoms with Gasteiger partial charge in [-0.25, -0.2) is 0 Å². The van der Waals surface area contributed by atoms with Gasteiger partial charge in [0.2, 0.25) is 0 Å². The predicted molar refractivity (Wildman–Crippen MR) is 96.0 cm³/mol.